The first-order chi connectivity index (χ1) is 6.71. The molecule has 1 heterocycles. The van der Waals surface area contributed by atoms with Crippen LogP contribution in [-0.2, 0) is 10.5 Å². The molecule has 0 saturated carbocycles. The second kappa shape index (κ2) is 3.71. The lowest BCUT2D eigenvalue weighted by Gasteiger charge is -2.35. The lowest BCUT2D eigenvalue weighted by molar-refractivity contribution is -0.0875. The van der Waals surface area contributed by atoms with Gasteiger partial charge in [0, 0.05) is 6.54 Å². The summed E-state index contributed by atoms with van der Waals surface area (Å²) in [7, 11) is 0. The molecule has 1 saturated heterocycles. The number of hydrogen-bond acceptors (Lipinski definition) is 2. The van der Waals surface area contributed by atoms with Crippen LogP contribution in [0.5, 0.6) is 0 Å². The fraction of sp³-hybridized carbons (Fsp3) is 0.500. The van der Waals surface area contributed by atoms with Crippen LogP contribution in [0.3, 0.4) is 0 Å². The molecule has 14 heavy (non-hydrogen) atoms. The van der Waals surface area contributed by atoms with Gasteiger partial charge in [0.05, 0.1) is 6.61 Å². The zero-order valence-corrected chi connectivity index (χ0v) is 8.84. The number of ether oxygens (including phenoxy) is 1. The van der Waals surface area contributed by atoms with Gasteiger partial charge in [0.1, 0.15) is 5.72 Å². The SMILES string of the molecule is Cc1ccc(C2(C)NCCCO2)cc1. The van der Waals surface area contributed by atoms with Crippen LogP contribution in [0.4, 0.5) is 0 Å². The first kappa shape index (κ1) is 9.69. The van der Waals surface area contributed by atoms with Crippen molar-refractivity contribution >= 4 is 0 Å². The van der Waals surface area contributed by atoms with Crippen LogP contribution in [0.25, 0.3) is 0 Å². The van der Waals surface area contributed by atoms with Gasteiger partial charge in [-0.2, -0.15) is 0 Å². The largest absolute Gasteiger partial charge is 0.357 e. The van der Waals surface area contributed by atoms with E-state index in [4.69, 9.17) is 4.74 Å². The summed E-state index contributed by atoms with van der Waals surface area (Å²) >= 11 is 0. The van der Waals surface area contributed by atoms with E-state index in [0.29, 0.717) is 0 Å². The number of benzene rings is 1. The van der Waals surface area contributed by atoms with Crippen LogP contribution in [-0.4, -0.2) is 13.2 Å². The van der Waals surface area contributed by atoms with E-state index in [-0.39, 0.29) is 5.72 Å². The Balaban J connectivity index is 2.23. The summed E-state index contributed by atoms with van der Waals surface area (Å²) in [6, 6.07) is 8.52. The minimum absolute atomic E-state index is 0.286. The minimum atomic E-state index is -0.286. The lowest BCUT2D eigenvalue weighted by atomic mass is 10.0. The van der Waals surface area contributed by atoms with Crippen molar-refractivity contribution in [3.63, 3.8) is 0 Å². The first-order valence-corrected chi connectivity index (χ1v) is 5.17. The summed E-state index contributed by atoms with van der Waals surface area (Å²) in [6.07, 6.45) is 1.10. The van der Waals surface area contributed by atoms with Crippen molar-refractivity contribution in [3.05, 3.63) is 35.4 Å². The summed E-state index contributed by atoms with van der Waals surface area (Å²) in [5.74, 6) is 0. The van der Waals surface area contributed by atoms with Gasteiger partial charge < -0.3 is 4.74 Å². The second-order valence-corrected chi connectivity index (χ2v) is 4.03. The first-order valence-electron chi connectivity index (χ1n) is 5.17. The van der Waals surface area contributed by atoms with Crippen molar-refractivity contribution in [1.29, 1.82) is 0 Å². The third kappa shape index (κ3) is 1.81. The Morgan fingerprint density at radius 3 is 2.57 bits per heavy atom. The Morgan fingerprint density at radius 2 is 2.00 bits per heavy atom. The van der Waals surface area contributed by atoms with E-state index in [2.05, 4.69) is 43.4 Å². The molecule has 0 aromatic heterocycles. The second-order valence-electron chi connectivity index (χ2n) is 4.03. The molecule has 0 spiro atoms. The molecule has 2 rings (SSSR count). The van der Waals surface area contributed by atoms with Crippen molar-refractivity contribution in [3.8, 4) is 0 Å². The van der Waals surface area contributed by atoms with E-state index < -0.39 is 0 Å². The van der Waals surface area contributed by atoms with Crippen molar-refractivity contribution in [2.24, 2.45) is 0 Å². The average Bonchev–Trinajstić information content (AvgIpc) is 2.19. The van der Waals surface area contributed by atoms with Crippen molar-refractivity contribution in [2.75, 3.05) is 13.2 Å². The highest BCUT2D eigenvalue weighted by Gasteiger charge is 2.28. The number of hydrogen-bond donors (Lipinski definition) is 1. The smallest absolute Gasteiger partial charge is 0.142 e. The minimum Gasteiger partial charge on any atom is -0.357 e. The maximum atomic E-state index is 5.78. The Kier molecular flexibility index (Phi) is 2.57. The molecule has 1 unspecified atom stereocenters. The van der Waals surface area contributed by atoms with Crippen molar-refractivity contribution < 1.29 is 4.74 Å². The van der Waals surface area contributed by atoms with Gasteiger partial charge in [0.15, 0.2) is 0 Å². The van der Waals surface area contributed by atoms with Gasteiger partial charge >= 0.3 is 0 Å². The van der Waals surface area contributed by atoms with E-state index in [1.54, 1.807) is 0 Å². The van der Waals surface area contributed by atoms with Crippen LogP contribution >= 0.6 is 0 Å². The van der Waals surface area contributed by atoms with Gasteiger partial charge in [0.25, 0.3) is 0 Å². The molecular weight excluding hydrogens is 174 g/mol. The number of nitrogens with one attached hydrogen (secondary N) is 1. The quantitative estimate of drug-likeness (QED) is 0.734. The standard InChI is InChI=1S/C12H17NO/c1-10-4-6-11(7-5-10)12(2)13-8-3-9-14-12/h4-7,13H,3,8-9H2,1-2H3. The molecule has 1 aromatic carbocycles. The molecule has 1 atom stereocenters. The van der Waals surface area contributed by atoms with Crippen LogP contribution in [0.2, 0.25) is 0 Å². The third-order valence-corrected chi connectivity index (χ3v) is 2.78. The monoisotopic (exact) mass is 191 g/mol. The molecular formula is C12H17NO. The topological polar surface area (TPSA) is 21.3 Å². The molecule has 0 radical (unpaired) electrons. The predicted molar refractivity (Wildman–Crippen MR) is 57.1 cm³/mol. The van der Waals surface area contributed by atoms with Gasteiger partial charge in [-0.3, -0.25) is 5.32 Å². The van der Waals surface area contributed by atoms with Crippen LogP contribution in [0.1, 0.15) is 24.5 Å². The summed E-state index contributed by atoms with van der Waals surface area (Å²) < 4.78 is 5.78. The molecule has 76 valence electrons. The van der Waals surface area contributed by atoms with Crippen molar-refractivity contribution in [2.45, 2.75) is 26.0 Å². The molecule has 1 fully saturated rings. The Bertz CT molecular complexity index is 299. The van der Waals surface area contributed by atoms with E-state index in [0.717, 1.165) is 19.6 Å². The van der Waals surface area contributed by atoms with Crippen LogP contribution < -0.4 is 5.32 Å². The molecule has 2 heteroatoms. The molecule has 2 nitrogen and oxygen atoms in total. The Hall–Kier alpha value is -0.860. The van der Waals surface area contributed by atoms with Crippen molar-refractivity contribution in [1.82, 2.24) is 5.32 Å². The molecule has 1 N–H and O–H groups in total. The molecule has 0 bridgehead atoms. The molecule has 0 aliphatic carbocycles. The predicted octanol–water partition coefficient (Wildman–Crippen LogP) is 2.18. The normalized spacial score (nSPS) is 27.6. The van der Waals surface area contributed by atoms with E-state index in [1.165, 1.54) is 11.1 Å². The lowest BCUT2D eigenvalue weighted by Crippen LogP contribution is -2.46. The van der Waals surface area contributed by atoms with E-state index >= 15 is 0 Å². The number of rotatable bonds is 1. The molecule has 1 aliphatic rings. The highest BCUT2D eigenvalue weighted by molar-refractivity contribution is 5.25. The van der Waals surface area contributed by atoms with Gasteiger partial charge in [-0.1, -0.05) is 29.8 Å². The molecule has 0 amide bonds. The molecule has 1 aliphatic heterocycles. The Labute approximate surface area is 85.3 Å². The van der Waals surface area contributed by atoms with Crippen LogP contribution in [0, 0.1) is 6.92 Å². The zero-order valence-electron chi connectivity index (χ0n) is 8.84. The van der Waals surface area contributed by atoms with Gasteiger partial charge in [-0.15, -0.1) is 0 Å². The third-order valence-electron chi connectivity index (χ3n) is 2.78. The summed E-state index contributed by atoms with van der Waals surface area (Å²) in [5.41, 5.74) is 2.21. The fourth-order valence-corrected chi connectivity index (χ4v) is 1.78. The summed E-state index contributed by atoms with van der Waals surface area (Å²) in [6.45, 7) is 6.07. The summed E-state index contributed by atoms with van der Waals surface area (Å²) in [5, 5.41) is 3.41. The highest BCUT2D eigenvalue weighted by Crippen LogP contribution is 2.24. The maximum Gasteiger partial charge on any atom is 0.142 e. The van der Waals surface area contributed by atoms with Crippen LogP contribution in [0.15, 0.2) is 24.3 Å². The van der Waals surface area contributed by atoms with E-state index in [1.807, 2.05) is 0 Å². The highest BCUT2D eigenvalue weighted by atomic mass is 16.5. The maximum absolute atomic E-state index is 5.78. The molecule has 1 aromatic rings. The Morgan fingerprint density at radius 1 is 1.29 bits per heavy atom. The van der Waals surface area contributed by atoms with E-state index in [9.17, 15) is 0 Å². The zero-order chi connectivity index (χ0) is 10.0. The summed E-state index contributed by atoms with van der Waals surface area (Å²) in [4.78, 5) is 0. The van der Waals surface area contributed by atoms with Gasteiger partial charge in [-0.05, 0) is 25.8 Å². The number of aryl methyl sites for hydroxylation is 1. The fourth-order valence-electron chi connectivity index (χ4n) is 1.78. The average molecular weight is 191 g/mol. The van der Waals surface area contributed by atoms with Gasteiger partial charge in [-0.25, -0.2) is 0 Å². The van der Waals surface area contributed by atoms with Gasteiger partial charge in [0.2, 0.25) is 0 Å².